The van der Waals surface area contributed by atoms with Gasteiger partial charge in [-0.1, -0.05) is 24.3 Å². The summed E-state index contributed by atoms with van der Waals surface area (Å²) >= 11 is 14.8. The number of phenolic OH excluding ortho intramolecular Hbond substituents is 1. The molecule has 0 spiro atoms. The van der Waals surface area contributed by atoms with Gasteiger partial charge in [-0.15, -0.1) is 23.2 Å². The van der Waals surface area contributed by atoms with Gasteiger partial charge in [0.2, 0.25) is 0 Å². The van der Waals surface area contributed by atoms with Gasteiger partial charge < -0.3 is 14.6 Å². The van der Waals surface area contributed by atoms with Crippen molar-refractivity contribution in [1.82, 2.24) is 13.9 Å². The predicted molar refractivity (Wildman–Crippen MR) is 166 cm³/mol. The lowest BCUT2D eigenvalue weighted by atomic mass is 9.64. The Morgan fingerprint density at radius 2 is 1.50 bits per heavy atom. The Morgan fingerprint density at radius 3 is 2.11 bits per heavy atom. The van der Waals surface area contributed by atoms with Crippen LogP contribution in [-0.2, 0) is 16.1 Å². The van der Waals surface area contributed by atoms with E-state index in [1.165, 1.54) is 47.8 Å². The Labute approximate surface area is 270 Å². The number of allylic oxidation sites excluding steroid dienone is 2. The molecule has 1 saturated heterocycles. The average Bonchev–Trinajstić information content (AvgIpc) is 3.39. The minimum Gasteiger partial charge on any atom is -0.508 e. The Morgan fingerprint density at radius 1 is 0.870 bits per heavy atom. The van der Waals surface area contributed by atoms with Crippen molar-refractivity contribution >= 4 is 40.7 Å². The van der Waals surface area contributed by atoms with Crippen molar-refractivity contribution in [3.8, 4) is 22.9 Å². The summed E-state index contributed by atoms with van der Waals surface area (Å²) in [7, 11) is 2.69. The first-order valence-corrected chi connectivity index (χ1v) is 14.9. The number of halogens is 3. The van der Waals surface area contributed by atoms with Crippen LogP contribution >= 0.6 is 23.2 Å². The quantitative estimate of drug-likeness (QED) is 0.195. The maximum Gasteiger partial charge on any atom is 0.352 e. The van der Waals surface area contributed by atoms with Gasteiger partial charge in [-0.3, -0.25) is 9.59 Å². The lowest BCUT2D eigenvalue weighted by Crippen LogP contribution is -2.59. The number of para-hydroxylation sites is 1. The fourth-order valence-corrected chi connectivity index (χ4v) is 7.88. The fraction of sp³-hybridized carbons (Fsp3) is 0.250. The highest BCUT2D eigenvalue weighted by molar-refractivity contribution is 6.58. The van der Waals surface area contributed by atoms with E-state index in [2.05, 4.69) is 0 Å². The van der Waals surface area contributed by atoms with Gasteiger partial charge >= 0.3 is 11.4 Å². The summed E-state index contributed by atoms with van der Waals surface area (Å²) in [6.45, 7) is -0.0784. The number of imide groups is 1. The van der Waals surface area contributed by atoms with Gasteiger partial charge in [0.05, 0.1) is 38.2 Å². The second-order valence-electron chi connectivity index (χ2n) is 11.2. The van der Waals surface area contributed by atoms with E-state index >= 15 is 0 Å². The number of hydrogen-bond donors (Lipinski definition) is 1. The van der Waals surface area contributed by atoms with Gasteiger partial charge in [0.1, 0.15) is 23.1 Å². The molecular formula is C32H25Cl2FN4O7. The van der Waals surface area contributed by atoms with E-state index in [-0.39, 0.29) is 41.5 Å². The molecular weight excluding hydrogens is 642 g/mol. The molecule has 1 aliphatic carbocycles. The minimum absolute atomic E-state index is 0.0375. The van der Waals surface area contributed by atoms with E-state index in [0.717, 1.165) is 21.6 Å². The molecule has 11 nitrogen and oxygen atoms in total. The first-order valence-electron chi connectivity index (χ1n) is 14.1. The molecule has 3 heterocycles. The van der Waals surface area contributed by atoms with Crippen LogP contribution in [0.2, 0.25) is 0 Å². The first-order chi connectivity index (χ1) is 22.0. The lowest BCUT2D eigenvalue weighted by molar-refractivity contribution is -0.122. The third kappa shape index (κ3) is 3.83. The number of carbonyl (C=O) groups is 2. The molecule has 0 radical (unpaired) electrons. The summed E-state index contributed by atoms with van der Waals surface area (Å²) in [6, 6.07) is 14.6. The van der Waals surface area contributed by atoms with Crippen LogP contribution in [0.25, 0.3) is 5.69 Å². The van der Waals surface area contributed by atoms with Crippen molar-refractivity contribution in [2.75, 3.05) is 19.1 Å². The SMILES string of the molecule is COc1cc(O)cc(OC)c1C1C2=CCn3c(=O)n(-c4ccccc4)c(=O)n3C2CC2(Cl)C(=O)N(c3ccc(F)cc3)C(=O)C12Cl. The van der Waals surface area contributed by atoms with Crippen LogP contribution in [0.3, 0.4) is 0 Å². The van der Waals surface area contributed by atoms with Gasteiger partial charge in [0.15, 0.2) is 9.75 Å². The van der Waals surface area contributed by atoms with Crippen LogP contribution in [0.5, 0.6) is 17.2 Å². The number of alkyl halides is 2. The number of amides is 2. The van der Waals surface area contributed by atoms with Crippen molar-refractivity contribution in [3.63, 3.8) is 0 Å². The number of nitrogens with zero attached hydrogens (tertiary/aromatic N) is 4. The molecule has 2 amide bonds. The van der Waals surface area contributed by atoms with Crippen molar-refractivity contribution in [3.05, 3.63) is 111 Å². The molecule has 1 N–H and O–H groups in total. The van der Waals surface area contributed by atoms with E-state index in [9.17, 15) is 28.7 Å². The molecule has 236 valence electrons. The van der Waals surface area contributed by atoms with E-state index < -0.39 is 50.7 Å². The zero-order chi connectivity index (χ0) is 32.7. The smallest absolute Gasteiger partial charge is 0.352 e. The summed E-state index contributed by atoms with van der Waals surface area (Å²) in [5.74, 6) is -3.73. The topological polar surface area (TPSA) is 125 Å². The number of methoxy groups -OCH3 is 2. The molecule has 14 heteroatoms. The second kappa shape index (κ2) is 10.4. The van der Waals surface area contributed by atoms with Crippen LogP contribution in [-0.4, -0.2) is 54.8 Å². The normalized spacial score (nSPS) is 25.1. The Balaban J connectivity index is 1.52. The van der Waals surface area contributed by atoms with Crippen LogP contribution in [0.4, 0.5) is 10.1 Å². The second-order valence-corrected chi connectivity index (χ2v) is 12.5. The highest BCUT2D eigenvalue weighted by Crippen LogP contribution is 2.65. The number of carbonyl (C=O) groups excluding carboxylic acids is 2. The Bertz CT molecular complexity index is 2070. The summed E-state index contributed by atoms with van der Waals surface area (Å²) in [5.41, 5.74) is -0.337. The molecule has 4 unspecified atom stereocenters. The summed E-state index contributed by atoms with van der Waals surface area (Å²) in [6.07, 6.45) is 1.32. The number of hydrogen-bond acceptors (Lipinski definition) is 7. The highest BCUT2D eigenvalue weighted by atomic mass is 35.5. The number of aromatic nitrogens is 3. The number of rotatable bonds is 5. The number of benzene rings is 3. The van der Waals surface area contributed by atoms with Crippen molar-refractivity contribution < 1.29 is 28.6 Å². The third-order valence-corrected chi connectivity index (χ3v) is 10.4. The lowest BCUT2D eigenvalue weighted by Gasteiger charge is -2.49. The number of fused-ring (bicyclic) bond motifs is 4. The molecule has 1 saturated carbocycles. The van der Waals surface area contributed by atoms with Gasteiger partial charge in [0, 0.05) is 30.0 Å². The zero-order valence-electron chi connectivity index (χ0n) is 24.3. The van der Waals surface area contributed by atoms with Gasteiger partial charge in [0.25, 0.3) is 11.8 Å². The number of aromatic hydroxyl groups is 1. The van der Waals surface area contributed by atoms with E-state index in [1.54, 1.807) is 36.4 Å². The molecule has 0 bridgehead atoms. The predicted octanol–water partition coefficient (Wildman–Crippen LogP) is 3.86. The van der Waals surface area contributed by atoms with E-state index in [1.807, 2.05) is 0 Å². The molecule has 4 aromatic rings. The molecule has 4 atom stereocenters. The molecule has 2 aliphatic heterocycles. The van der Waals surface area contributed by atoms with E-state index in [0.29, 0.717) is 11.3 Å². The highest BCUT2D eigenvalue weighted by Gasteiger charge is 2.76. The van der Waals surface area contributed by atoms with Gasteiger partial charge in [-0.25, -0.2) is 32.8 Å². The number of phenols is 1. The summed E-state index contributed by atoms with van der Waals surface area (Å²) in [5, 5.41) is 10.4. The molecule has 3 aromatic carbocycles. The van der Waals surface area contributed by atoms with Crippen LogP contribution in [0, 0.1) is 5.82 Å². The zero-order valence-corrected chi connectivity index (χ0v) is 25.8. The fourth-order valence-electron chi connectivity index (χ4n) is 6.99. The van der Waals surface area contributed by atoms with Crippen molar-refractivity contribution in [1.29, 1.82) is 0 Å². The largest absolute Gasteiger partial charge is 0.508 e. The van der Waals surface area contributed by atoms with Crippen LogP contribution in [0.15, 0.2) is 88.0 Å². The summed E-state index contributed by atoms with van der Waals surface area (Å²) in [4.78, 5) is 53.0. The number of anilines is 1. The van der Waals surface area contributed by atoms with Crippen LogP contribution in [0.1, 0.15) is 23.9 Å². The minimum atomic E-state index is -2.24. The Kier molecular flexibility index (Phi) is 6.73. The number of ether oxygens (including phenoxy) is 2. The van der Waals surface area contributed by atoms with Gasteiger partial charge in [-0.05, 0) is 42.0 Å². The van der Waals surface area contributed by atoms with E-state index in [4.69, 9.17) is 32.7 Å². The van der Waals surface area contributed by atoms with Crippen molar-refractivity contribution in [2.45, 2.75) is 34.7 Å². The molecule has 46 heavy (non-hydrogen) atoms. The third-order valence-electron chi connectivity index (χ3n) is 8.99. The van der Waals surface area contributed by atoms with Gasteiger partial charge in [-0.2, -0.15) is 0 Å². The standard InChI is InChI=1S/C32H25Cl2FN4O7/c1-45-23-14-20(40)15-24(46-2)25(23)26-21-12-13-36-29(43)38(18-6-4-3-5-7-18)30(44)39(36)22(21)16-31(33)27(41)37(28(42)32(26,31)34)19-10-8-17(35)9-11-19/h3-12,14-15,22,26,40H,13,16H2,1-2H3. The molecule has 7 rings (SSSR count). The first kappa shape index (κ1) is 29.9. The Hall–Kier alpha value is -4.81. The molecule has 1 aromatic heterocycles. The summed E-state index contributed by atoms with van der Waals surface area (Å²) < 4.78 is 28.6. The van der Waals surface area contributed by atoms with Crippen LogP contribution < -0.4 is 25.8 Å². The maximum absolute atomic E-state index is 14.6. The monoisotopic (exact) mass is 666 g/mol. The maximum atomic E-state index is 14.6. The molecule has 3 aliphatic rings. The average molecular weight is 667 g/mol. The van der Waals surface area contributed by atoms with Crippen molar-refractivity contribution in [2.24, 2.45) is 0 Å². The molecule has 2 fully saturated rings.